The van der Waals surface area contributed by atoms with Crippen LogP contribution in [-0.4, -0.2) is 30.2 Å². The normalized spacial score (nSPS) is 10.7. The Morgan fingerprint density at radius 2 is 1.72 bits per heavy atom. The van der Waals surface area contributed by atoms with Gasteiger partial charge in [0.2, 0.25) is 0 Å². The fraction of sp³-hybridized carbons (Fsp3) is 0.304. The van der Waals surface area contributed by atoms with Gasteiger partial charge in [0.15, 0.2) is 0 Å². The summed E-state index contributed by atoms with van der Waals surface area (Å²) in [7, 11) is 3.28. The number of methoxy groups -OCH3 is 2. The Kier molecular flexibility index (Phi) is 6.54. The minimum absolute atomic E-state index is 0.281. The van der Waals surface area contributed by atoms with Gasteiger partial charge in [-0.25, -0.2) is 9.97 Å². The predicted octanol–water partition coefficient (Wildman–Crippen LogP) is 4.96. The van der Waals surface area contributed by atoms with Crippen molar-refractivity contribution in [3.8, 4) is 11.5 Å². The smallest absolute Gasteiger partial charge is 0.142 e. The summed E-state index contributed by atoms with van der Waals surface area (Å²) in [4.78, 5) is 11.5. The third-order valence-corrected chi connectivity index (χ3v) is 4.61. The summed E-state index contributed by atoms with van der Waals surface area (Å²) >= 11 is 0. The van der Waals surface area contributed by atoms with Crippen molar-refractivity contribution >= 4 is 17.3 Å². The van der Waals surface area contributed by atoms with Gasteiger partial charge in [0.05, 0.1) is 19.9 Å². The number of hydrogen-bond acceptors (Lipinski definition) is 6. The molecule has 1 heterocycles. The maximum Gasteiger partial charge on any atom is 0.142 e. The van der Waals surface area contributed by atoms with Gasteiger partial charge >= 0.3 is 0 Å². The maximum absolute atomic E-state index is 5.47. The number of aryl methyl sites for hydroxylation is 1. The van der Waals surface area contributed by atoms with Crippen molar-refractivity contribution in [2.24, 2.45) is 0 Å². The lowest BCUT2D eigenvalue weighted by Gasteiger charge is -2.28. The van der Waals surface area contributed by atoms with Crippen LogP contribution in [0.1, 0.15) is 25.2 Å². The molecule has 3 aromatic rings. The highest BCUT2D eigenvalue weighted by atomic mass is 16.5. The van der Waals surface area contributed by atoms with E-state index in [1.54, 1.807) is 14.2 Å². The van der Waals surface area contributed by atoms with E-state index in [0.717, 1.165) is 23.8 Å². The Bertz CT molecular complexity index is 945. The zero-order valence-electron chi connectivity index (χ0n) is 17.6. The summed E-state index contributed by atoms with van der Waals surface area (Å²) < 4.78 is 10.8. The van der Waals surface area contributed by atoms with E-state index in [0.29, 0.717) is 17.4 Å². The van der Waals surface area contributed by atoms with Crippen LogP contribution in [0.2, 0.25) is 0 Å². The van der Waals surface area contributed by atoms with Gasteiger partial charge < -0.3 is 19.7 Å². The van der Waals surface area contributed by atoms with Crippen molar-refractivity contribution in [2.45, 2.75) is 33.4 Å². The van der Waals surface area contributed by atoms with Crippen molar-refractivity contribution in [3.05, 3.63) is 66.0 Å². The van der Waals surface area contributed by atoms with Crippen LogP contribution in [0, 0.1) is 6.92 Å². The predicted molar refractivity (Wildman–Crippen MR) is 117 cm³/mol. The summed E-state index contributed by atoms with van der Waals surface area (Å²) in [6.07, 6.45) is 0. The van der Waals surface area contributed by atoms with Crippen LogP contribution < -0.4 is 19.7 Å². The van der Waals surface area contributed by atoms with E-state index in [4.69, 9.17) is 9.47 Å². The largest absolute Gasteiger partial charge is 0.497 e. The van der Waals surface area contributed by atoms with Crippen LogP contribution in [0.4, 0.5) is 17.3 Å². The minimum atomic E-state index is 0.281. The monoisotopic (exact) mass is 392 g/mol. The highest BCUT2D eigenvalue weighted by Gasteiger charge is 2.15. The Balaban J connectivity index is 1.93. The molecule has 0 saturated heterocycles. The molecule has 1 N–H and O–H groups in total. The lowest BCUT2D eigenvalue weighted by molar-refractivity contribution is 0.405. The van der Waals surface area contributed by atoms with E-state index < -0.39 is 0 Å². The van der Waals surface area contributed by atoms with E-state index in [1.165, 1.54) is 5.56 Å². The fourth-order valence-electron chi connectivity index (χ4n) is 3.12. The lowest BCUT2D eigenvalue weighted by Crippen LogP contribution is -2.31. The molecular formula is C23H28N4O2. The lowest BCUT2D eigenvalue weighted by atomic mass is 10.2. The Morgan fingerprint density at radius 3 is 2.38 bits per heavy atom. The molecule has 0 amide bonds. The quantitative estimate of drug-likeness (QED) is 0.585. The molecule has 29 heavy (non-hydrogen) atoms. The first-order valence-electron chi connectivity index (χ1n) is 9.65. The molecule has 6 heteroatoms. The van der Waals surface area contributed by atoms with Gasteiger partial charge in [-0.3, -0.25) is 0 Å². The molecule has 152 valence electrons. The zero-order valence-corrected chi connectivity index (χ0v) is 17.6. The molecule has 0 aliphatic carbocycles. The van der Waals surface area contributed by atoms with Crippen molar-refractivity contribution < 1.29 is 9.47 Å². The highest BCUT2D eigenvalue weighted by Crippen LogP contribution is 2.32. The molecule has 0 aliphatic heterocycles. The van der Waals surface area contributed by atoms with Gasteiger partial charge in [0.25, 0.3) is 0 Å². The van der Waals surface area contributed by atoms with Crippen LogP contribution in [0.3, 0.4) is 0 Å². The van der Waals surface area contributed by atoms with Gasteiger partial charge in [-0.15, -0.1) is 0 Å². The number of aromatic nitrogens is 2. The second-order valence-electron chi connectivity index (χ2n) is 7.06. The van der Waals surface area contributed by atoms with Crippen molar-refractivity contribution in [1.29, 1.82) is 0 Å². The van der Waals surface area contributed by atoms with E-state index in [1.807, 2.05) is 37.3 Å². The molecule has 0 saturated carbocycles. The number of benzene rings is 2. The maximum atomic E-state index is 5.47. The SMILES string of the molecule is COc1ccc(OC)c(Nc2cc(N(Cc3ccccc3)C(C)C)nc(C)n2)c1. The summed E-state index contributed by atoms with van der Waals surface area (Å²) in [5.74, 6) is 3.74. The summed E-state index contributed by atoms with van der Waals surface area (Å²) in [5.41, 5.74) is 2.02. The molecule has 0 aliphatic rings. The molecule has 2 aromatic carbocycles. The molecule has 0 unspecified atom stereocenters. The zero-order chi connectivity index (χ0) is 20.8. The van der Waals surface area contributed by atoms with E-state index in [2.05, 4.69) is 58.3 Å². The van der Waals surface area contributed by atoms with E-state index in [-0.39, 0.29) is 6.04 Å². The number of anilines is 3. The first-order chi connectivity index (χ1) is 14.0. The van der Waals surface area contributed by atoms with Crippen molar-refractivity contribution in [1.82, 2.24) is 9.97 Å². The number of nitrogens with zero attached hydrogens (tertiary/aromatic N) is 3. The Labute approximate surface area is 172 Å². The average molecular weight is 393 g/mol. The molecule has 6 nitrogen and oxygen atoms in total. The number of rotatable bonds is 8. The molecule has 3 rings (SSSR count). The summed E-state index contributed by atoms with van der Waals surface area (Å²) in [6, 6.07) is 18.3. The molecule has 0 bridgehead atoms. The second-order valence-corrected chi connectivity index (χ2v) is 7.06. The van der Waals surface area contributed by atoms with Crippen molar-refractivity contribution in [3.63, 3.8) is 0 Å². The van der Waals surface area contributed by atoms with Gasteiger partial charge in [-0.1, -0.05) is 30.3 Å². The molecule has 0 radical (unpaired) electrons. The number of nitrogens with one attached hydrogen (secondary N) is 1. The molecule has 0 fully saturated rings. The van der Waals surface area contributed by atoms with Crippen LogP contribution >= 0.6 is 0 Å². The van der Waals surface area contributed by atoms with Crippen molar-refractivity contribution in [2.75, 3.05) is 24.4 Å². The summed E-state index contributed by atoms with van der Waals surface area (Å²) in [5, 5.41) is 3.35. The molecular weight excluding hydrogens is 364 g/mol. The fourth-order valence-corrected chi connectivity index (χ4v) is 3.12. The molecule has 0 spiro atoms. The molecule has 0 atom stereocenters. The first-order valence-corrected chi connectivity index (χ1v) is 9.65. The third-order valence-electron chi connectivity index (χ3n) is 4.61. The van der Waals surface area contributed by atoms with Crippen LogP contribution in [0.5, 0.6) is 11.5 Å². The van der Waals surface area contributed by atoms with Gasteiger partial charge in [0, 0.05) is 24.7 Å². The van der Waals surface area contributed by atoms with Crippen LogP contribution in [-0.2, 0) is 6.54 Å². The highest BCUT2D eigenvalue weighted by molar-refractivity contribution is 5.67. The second kappa shape index (κ2) is 9.28. The molecule has 1 aromatic heterocycles. The first kappa shape index (κ1) is 20.5. The van der Waals surface area contributed by atoms with Crippen LogP contribution in [0.15, 0.2) is 54.6 Å². The van der Waals surface area contributed by atoms with Gasteiger partial charge in [0.1, 0.15) is 29.0 Å². The third kappa shape index (κ3) is 5.16. The topological polar surface area (TPSA) is 59.5 Å². The van der Waals surface area contributed by atoms with Gasteiger partial charge in [-0.2, -0.15) is 0 Å². The Morgan fingerprint density at radius 1 is 0.966 bits per heavy atom. The number of ether oxygens (including phenoxy) is 2. The van der Waals surface area contributed by atoms with Crippen LogP contribution in [0.25, 0.3) is 0 Å². The Hall–Kier alpha value is -3.28. The summed E-state index contributed by atoms with van der Waals surface area (Å²) in [6.45, 7) is 7.01. The standard InChI is InChI=1S/C23H28N4O2/c1-16(2)27(15-18-9-7-6-8-10-18)23-14-22(24-17(3)25-23)26-20-13-19(28-4)11-12-21(20)29-5/h6-14,16H,15H2,1-5H3,(H,24,25,26). The number of hydrogen-bond donors (Lipinski definition) is 1. The minimum Gasteiger partial charge on any atom is -0.497 e. The van der Waals surface area contributed by atoms with E-state index >= 15 is 0 Å². The van der Waals surface area contributed by atoms with Gasteiger partial charge in [-0.05, 0) is 38.5 Å². The average Bonchev–Trinajstić information content (AvgIpc) is 2.72. The van der Waals surface area contributed by atoms with E-state index in [9.17, 15) is 0 Å².